The van der Waals surface area contributed by atoms with Crippen LogP contribution in [0.15, 0.2) is 36.5 Å². The summed E-state index contributed by atoms with van der Waals surface area (Å²) in [6.45, 7) is 0.338. The number of rotatable bonds is 6. The molecular weight excluding hydrogens is 466 g/mol. The Kier molecular flexibility index (Phi) is 6.84. The number of fused-ring (bicyclic) bond motifs is 2. The SMILES string of the molecule is Cc1ccc(O[C@H]2C[C@H]3CCC[C@@H](C2)N3Oc2ccc(C(F)(F)F)cn2)c(OCC(F)(F)F)c1. The maximum atomic E-state index is 12.8. The molecule has 11 heteroatoms. The minimum atomic E-state index is -4.48. The van der Waals surface area contributed by atoms with Crippen LogP contribution in [0, 0.1) is 6.92 Å². The number of halogens is 6. The Morgan fingerprint density at radius 1 is 0.971 bits per heavy atom. The van der Waals surface area contributed by atoms with E-state index in [0.29, 0.717) is 12.8 Å². The number of hydrogen-bond acceptors (Lipinski definition) is 5. The lowest BCUT2D eigenvalue weighted by Gasteiger charge is -2.46. The maximum absolute atomic E-state index is 12.8. The molecule has 0 unspecified atom stereocenters. The third-order valence-electron chi connectivity index (χ3n) is 5.91. The van der Waals surface area contributed by atoms with Gasteiger partial charge in [-0.1, -0.05) is 12.5 Å². The van der Waals surface area contributed by atoms with E-state index in [1.54, 1.807) is 24.1 Å². The highest BCUT2D eigenvalue weighted by molar-refractivity contribution is 5.43. The Morgan fingerprint density at radius 3 is 2.26 bits per heavy atom. The molecule has 3 heterocycles. The number of hydrogen-bond donors (Lipinski definition) is 0. The highest BCUT2D eigenvalue weighted by Crippen LogP contribution is 2.39. The molecule has 0 amide bonds. The predicted molar refractivity (Wildman–Crippen MR) is 110 cm³/mol. The summed E-state index contributed by atoms with van der Waals surface area (Å²) in [6.07, 6.45) is -4.83. The fraction of sp³-hybridized carbons (Fsp3) is 0.522. The van der Waals surface area contributed by atoms with Crippen LogP contribution >= 0.6 is 0 Å². The van der Waals surface area contributed by atoms with Gasteiger partial charge < -0.3 is 14.3 Å². The number of benzene rings is 1. The molecule has 2 bridgehead atoms. The average Bonchev–Trinajstić information content (AvgIpc) is 2.73. The molecule has 5 nitrogen and oxygen atoms in total. The van der Waals surface area contributed by atoms with Crippen LogP contribution in [0.25, 0.3) is 0 Å². The molecule has 0 N–H and O–H groups in total. The molecule has 1 aromatic carbocycles. The summed E-state index contributed by atoms with van der Waals surface area (Å²) in [7, 11) is 0. The fourth-order valence-electron chi connectivity index (χ4n) is 4.41. The van der Waals surface area contributed by atoms with E-state index in [4.69, 9.17) is 14.3 Å². The van der Waals surface area contributed by atoms with Crippen molar-refractivity contribution >= 4 is 0 Å². The summed E-state index contributed by atoms with van der Waals surface area (Å²) in [5.74, 6) is 0.359. The average molecular weight is 490 g/mol. The Hall–Kier alpha value is -2.69. The first-order valence-corrected chi connectivity index (χ1v) is 10.9. The Labute approximate surface area is 192 Å². The van der Waals surface area contributed by atoms with Crippen molar-refractivity contribution in [1.29, 1.82) is 0 Å². The summed E-state index contributed by atoms with van der Waals surface area (Å²) < 4.78 is 87.3. The zero-order chi connectivity index (χ0) is 24.5. The number of nitrogens with zero attached hydrogens (tertiary/aromatic N) is 2. The van der Waals surface area contributed by atoms with Crippen molar-refractivity contribution in [2.24, 2.45) is 0 Å². The second kappa shape index (κ2) is 9.52. The smallest absolute Gasteiger partial charge is 0.422 e. The minimum absolute atomic E-state index is 0.0371. The fourth-order valence-corrected chi connectivity index (χ4v) is 4.41. The second-order valence-corrected chi connectivity index (χ2v) is 8.64. The molecule has 0 radical (unpaired) electrons. The summed E-state index contributed by atoms with van der Waals surface area (Å²) in [6, 6.07) is 6.84. The van der Waals surface area contributed by atoms with Gasteiger partial charge in [0.25, 0.3) is 0 Å². The number of ether oxygens (including phenoxy) is 2. The van der Waals surface area contributed by atoms with Crippen molar-refractivity contribution in [3.05, 3.63) is 47.7 Å². The number of aryl methyl sites for hydroxylation is 1. The molecule has 4 rings (SSSR count). The van der Waals surface area contributed by atoms with Crippen molar-refractivity contribution in [1.82, 2.24) is 10.0 Å². The summed E-state index contributed by atoms with van der Waals surface area (Å²) in [5.41, 5.74) is -0.109. The summed E-state index contributed by atoms with van der Waals surface area (Å²) >= 11 is 0. The number of hydroxylamine groups is 2. The van der Waals surface area contributed by atoms with Crippen LogP contribution in [-0.2, 0) is 6.18 Å². The van der Waals surface area contributed by atoms with Gasteiger partial charge in [0.15, 0.2) is 18.1 Å². The van der Waals surface area contributed by atoms with Gasteiger partial charge in [0, 0.05) is 37.2 Å². The lowest BCUT2D eigenvalue weighted by atomic mass is 9.84. The van der Waals surface area contributed by atoms with Crippen molar-refractivity contribution < 1.29 is 40.7 Å². The third-order valence-corrected chi connectivity index (χ3v) is 5.91. The molecule has 0 saturated carbocycles. The molecule has 2 saturated heterocycles. The van der Waals surface area contributed by atoms with Crippen LogP contribution in [-0.4, -0.2) is 41.0 Å². The van der Waals surface area contributed by atoms with Gasteiger partial charge >= 0.3 is 12.4 Å². The summed E-state index contributed by atoms with van der Waals surface area (Å²) in [5, 5.41) is 1.77. The zero-order valence-electron chi connectivity index (χ0n) is 18.3. The van der Waals surface area contributed by atoms with E-state index >= 15 is 0 Å². The van der Waals surface area contributed by atoms with Gasteiger partial charge in [0.1, 0.15) is 6.10 Å². The van der Waals surface area contributed by atoms with E-state index in [1.807, 2.05) is 0 Å². The molecule has 2 fully saturated rings. The Balaban J connectivity index is 1.43. The van der Waals surface area contributed by atoms with Crippen LogP contribution in [0.4, 0.5) is 26.3 Å². The monoisotopic (exact) mass is 490 g/mol. The zero-order valence-corrected chi connectivity index (χ0v) is 18.3. The van der Waals surface area contributed by atoms with Gasteiger partial charge in [-0.15, -0.1) is 5.06 Å². The minimum Gasteiger partial charge on any atom is -0.486 e. The molecular formula is C23H24F6N2O3. The number of alkyl halides is 6. The molecule has 1 aromatic heterocycles. The molecule has 3 atom stereocenters. The van der Waals surface area contributed by atoms with E-state index in [-0.39, 0.29) is 35.6 Å². The Bertz CT molecular complexity index is 966. The quantitative estimate of drug-likeness (QED) is 0.458. The highest BCUT2D eigenvalue weighted by Gasteiger charge is 2.42. The van der Waals surface area contributed by atoms with Crippen LogP contribution in [0.5, 0.6) is 17.4 Å². The van der Waals surface area contributed by atoms with Crippen LogP contribution < -0.4 is 14.3 Å². The largest absolute Gasteiger partial charge is 0.486 e. The second-order valence-electron chi connectivity index (χ2n) is 8.64. The van der Waals surface area contributed by atoms with Crippen LogP contribution in [0.1, 0.15) is 43.2 Å². The first kappa shape index (κ1) is 24.4. The normalized spacial score (nSPS) is 23.4. The first-order valence-electron chi connectivity index (χ1n) is 10.9. The molecule has 186 valence electrons. The van der Waals surface area contributed by atoms with Gasteiger partial charge in [-0.25, -0.2) is 4.98 Å². The lowest BCUT2D eigenvalue weighted by molar-refractivity contribution is -0.186. The Morgan fingerprint density at radius 2 is 1.68 bits per heavy atom. The van der Waals surface area contributed by atoms with E-state index in [1.165, 1.54) is 12.1 Å². The van der Waals surface area contributed by atoms with Gasteiger partial charge in [-0.05, 0) is 43.5 Å². The van der Waals surface area contributed by atoms with Gasteiger partial charge in [0.2, 0.25) is 5.88 Å². The molecule has 2 aromatic rings. The van der Waals surface area contributed by atoms with E-state index in [2.05, 4.69) is 4.98 Å². The maximum Gasteiger partial charge on any atom is 0.422 e. The number of piperidine rings is 2. The van der Waals surface area contributed by atoms with Crippen molar-refractivity contribution in [3.63, 3.8) is 0 Å². The standard InChI is InChI=1S/C23H24F6N2O3/c1-14-5-7-19(20(9-14)32-13-22(24,25)26)33-18-10-16-3-2-4-17(11-18)31(16)34-21-8-6-15(12-30-21)23(27,28)29/h5-9,12,16-18H,2-4,10-11,13H2,1H3/t16-,17+,18+. The topological polar surface area (TPSA) is 43.8 Å². The van der Waals surface area contributed by atoms with Gasteiger partial charge in [0.05, 0.1) is 5.56 Å². The van der Waals surface area contributed by atoms with Crippen LogP contribution in [0.2, 0.25) is 0 Å². The molecule has 34 heavy (non-hydrogen) atoms. The molecule has 2 aliphatic heterocycles. The van der Waals surface area contributed by atoms with E-state index in [9.17, 15) is 26.3 Å². The first-order chi connectivity index (χ1) is 16.0. The predicted octanol–water partition coefficient (Wildman–Crippen LogP) is 6.11. The lowest BCUT2D eigenvalue weighted by Crippen LogP contribution is -2.55. The number of pyridine rings is 1. The van der Waals surface area contributed by atoms with E-state index < -0.39 is 24.5 Å². The third kappa shape index (κ3) is 6.05. The molecule has 0 aliphatic carbocycles. The summed E-state index contributed by atoms with van der Waals surface area (Å²) in [4.78, 5) is 9.64. The molecule has 2 aliphatic rings. The van der Waals surface area contributed by atoms with Crippen molar-refractivity contribution in [3.8, 4) is 17.4 Å². The highest BCUT2D eigenvalue weighted by atomic mass is 19.4. The van der Waals surface area contributed by atoms with E-state index in [0.717, 1.165) is 37.1 Å². The van der Waals surface area contributed by atoms with Crippen LogP contribution in [0.3, 0.4) is 0 Å². The van der Waals surface area contributed by atoms with Crippen molar-refractivity contribution in [2.75, 3.05) is 6.61 Å². The van der Waals surface area contributed by atoms with Gasteiger partial charge in [-0.3, -0.25) is 0 Å². The van der Waals surface area contributed by atoms with Crippen molar-refractivity contribution in [2.45, 2.75) is 69.6 Å². The number of aromatic nitrogens is 1. The van der Waals surface area contributed by atoms with Gasteiger partial charge in [-0.2, -0.15) is 26.3 Å². The molecule has 0 spiro atoms.